The van der Waals surface area contributed by atoms with Gasteiger partial charge in [0.15, 0.2) is 0 Å². The summed E-state index contributed by atoms with van der Waals surface area (Å²) in [4.78, 5) is 2.50. The van der Waals surface area contributed by atoms with Crippen LogP contribution in [0.4, 0.5) is 0 Å². The van der Waals surface area contributed by atoms with Gasteiger partial charge < -0.3 is 10.1 Å². The monoisotopic (exact) mass is 224 g/mol. The van der Waals surface area contributed by atoms with Crippen molar-refractivity contribution in [1.29, 1.82) is 0 Å². The molecule has 2 rings (SSSR count). The van der Waals surface area contributed by atoms with E-state index < -0.39 is 0 Å². The van der Waals surface area contributed by atoms with Crippen molar-refractivity contribution in [3.8, 4) is 0 Å². The zero-order chi connectivity index (χ0) is 11.4. The highest BCUT2D eigenvalue weighted by Crippen LogP contribution is 2.11. The third-order valence-electron chi connectivity index (χ3n) is 3.54. The molecule has 0 spiro atoms. The van der Waals surface area contributed by atoms with Crippen molar-refractivity contribution in [1.82, 2.24) is 10.2 Å². The molecular formula is C13H24N2O. The second-order valence-corrected chi connectivity index (χ2v) is 5.13. The summed E-state index contributed by atoms with van der Waals surface area (Å²) in [5, 5.41) is 3.60. The van der Waals surface area contributed by atoms with Gasteiger partial charge in [0.05, 0.1) is 12.7 Å². The summed E-state index contributed by atoms with van der Waals surface area (Å²) < 4.78 is 5.79. The van der Waals surface area contributed by atoms with E-state index in [1.807, 2.05) is 0 Å². The van der Waals surface area contributed by atoms with Crippen LogP contribution in [0.15, 0.2) is 12.2 Å². The third-order valence-corrected chi connectivity index (χ3v) is 3.54. The van der Waals surface area contributed by atoms with Crippen LogP contribution < -0.4 is 5.32 Å². The van der Waals surface area contributed by atoms with Gasteiger partial charge in [0.1, 0.15) is 0 Å². The highest BCUT2D eigenvalue weighted by Gasteiger charge is 2.22. The van der Waals surface area contributed by atoms with E-state index in [0.29, 0.717) is 18.2 Å². The van der Waals surface area contributed by atoms with Gasteiger partial charge in [-0.05, 0) is 26.7 Å². The van der Waals surface area contributed by atoms with E-state index in [1.165, 1.54) is 12.8 Å². The minimum absolute atomic E-state index is 0.372. The lowest BCUT2D eigenvalue weighted by Crippen LogP contribution is -2.50. The first-order valence-electron chi connectivity index (χ1n) is 6.49. The highest BCUT2D eigenvalue weighted by molar-refractivity contribution is 4.98. The van der Waals surface area contributed by atoms with Crippen molar-refractivity contribution < 1.29 is 4.74 Å². The Morgan fingerprint density at radius 2 is 2.12 bits per heavy atom. The second-order valence-electron chi connectivity index (χ2n) is 5.13. The molecule has 0 aromatic rings. The number of nitrogens with zero attached hydrogens (tertiary/aromatic N) is 1. The molecule has 0 bridgehead atoms. The lowest BCUT2D eigenvalue weighted by Gasteiger charge is -2.36. The first-order chi connectivity index (χ1) is 7.75. The largest absolute Gasteiger partial charge is 0.374 e. The molecule has 1 aliphatic heterocycles. The molecule has 1 atom stereocenters. The summed E-state index contributed by atoms with van der Waals surface area (Å²) in [5.74, 6) is 0. The van der Waals surface area contributed by atoms with Gasteiger partial charge in [0.2, 0.25) is 0 Å². The van der Waals surface area contributed by atoms with Gasteiger partial charge in [-0.1, -0.05) is 12.2 Å². The quantitative estimate of drug-likeness (QED) is 0.731. The molecule has 0 radical (unpaired) electrons. The van der Waals surface area contributed by atoms with Crippen molar-refractivity contribution in [2.24, 2.45) is 0 Å². The Balaban J connectivity index is 1.68. The summed E-state index contributed by atoms with van der Waals surface area (Å²) in [6.45, 7) is 8.56. The smallest absolute Gasteiger partial charge is 0.0826 e. The lowest BCUT2D eigenvalue weighted by atomic mass is 10.2. The van der Waals surface area contributed by atoms with Gasteiger partial charge >= 0.3 is 0 Å². The first-order valence-corrected chi connectivity index (χ1v) is 6.49. The summed E-state index contributed by atoms with van der Waals surface area (Å²) in [6.07, 6.45) is 7.26. The number of hydrogen-bond acceptors (Lipinski definition) is 3. The Bertz CT molecular complexity index is 232. The molecule has 0 aromatic heterocycles. The molecule has 3 heteroatoms. The van der Waals surface area contributed by atoms with Crippen LogP contribution in [-0.4, -0.2) is 49.3 Å². The van der Waals surface area contributed by atoms with Crippen LogP contribution in [0, 0.1) is 0 Å². The Labute approximate surface area is 98.8 Å². The SMILES string of the molecule is CC(C)N1CCOC(CNC2CC=CC2)C1. The van der Waals surface area contributed by atoms with E-state index >= 15 is 0 Å². The molecule has 16 heavy (non-hydrogen) atoms. The first kappa shape index (κ1) is 12.1. The standard InChI is InChI=1S/C13H24N2O/c1-11(2)15-7-8-16-13(10-15)9-14-12-5-3-4-6-12/h3-4,11-14H,5-10H2,1-2H3. The molecule has 0 amide bonds. The minimum Gasteiger partial charge on any atom is -0.374 e. The van der Waals surface area contributed by atoms with Crippen molar-refractivity contribution >= 4 is 0 Å². The van der Waals surface area contributed by atoms with Crippen molar-refractivity contribution in [2.45, 2.75) is 44.9 Å². The van der Waals surface area contributed by atoms with Crippen LogP contribution in [0.2, 0.25) is 0 Å². The van der Waals surface area contributed by atoms with Crippen LogP contribution in [0.5, 0.6) is 0 Å². The fraction of sp³-hybridized carbons (Fsp3) is 0.846. The number of hydrogen-bond donors (Lipinski definition) is 1. The van der Waals surface area contributed by atoms with E-state index in [1.54, 1.807) is 0 Å². The predicted molar refractivity (Wildman–Crippen MR) is 66.6 cm³/mol. The molecular weight excluding hydrogens is 200 g/mol. The average molecular weight is 224 g/mol. The van der Waals surface area contributed by atoms with Crippen molar-refractivity contribution in [2.75, 3.05) is 26.2 Å². The molecule has 1 unspecified atom stereocenters. The van der Waals surface area contributed by atoms with Crippen LogP contribution in [0.25, 0.3) is 0 Å². The van der Waals surface area contributed by atoms with Gasteiger partial charge in [0, 0.05) is 31.7 Å². The normalized spacial score (nSPS) is 28.1. The number of rotatable bonds is 4. The van der Waals surface area contributed by atoms with E-state index in [4.69, 9.17) is 4.74 Å². The van der Waals surface area contributed by atoms with Gasteiger partial charge in [-0.3, -0.25) is 4.90 Å². The summed E-state index contributed by atoms with van der Waals surface area (Å²) in [7, 11) is 0. The van der Waals surface area contributed by atoms with E-state index in [9.17, 15) is 0 Å². The molecule has 1 aliphatic carbocycles. The molecule has 3 nitrogen and oxygen atoms in total. The molecule has 0 aromatic carbocycles. The maximum Gasteiger partial charge on any atom is 0.0826 e. The summed E-state index contributed by atoms with van der Waals surface area (Å²) >= 11 is 0. The molecule has 2 aliphatic rings. The van der Waals surface area contributed by atoms with Crippen molar-refractivity contribution in [3.05, 3.63) is 12.2 Å². The van der Waals surface area contributed by atoms with Gasteiger partial charge in [-0.25, -0.2) is 0 Å². The van der Waals surface area contributed by atoms with E-state index in [0.717, 1.165) is 26.2 Å². The molecule has 1 saturated heterocycles. The minimum atomic E-state index is 0.372. The fourth-order valence-corrected chi connectivity index (χ4v) is 2.42. The van der Waals surface area contributed by atoms with Crippen LogP contribution in [-0.2, 0) is 4.74 Å². The second kappa shape index (κ2) is 5.80. The van der Waals surface area contributed by atoms with Gasteiger partial charge in [0.25, 0.3) is 0 Å². The summed E-state index contributed by atoms with van der Waals surface area (Å²) in [6, 6.07) is 1.29. The number of nitrogens with one attached hydrogen (secondary N) is 1. The number of morpholine rings is 1. The molecule has 1 heterocycles. The third kappa shape index (κ3) is 3.30. The molecule has 1 fully saturated rings. The maximum absolute atomic E-state index is 5.79. The van der Waals surface area contributed by atoms with E-state index in [2.05, 4.69) is 36.2 Å². The van der Waals surface area contributed by atoms with Crippen molar-refractivity contribution in [3.63, 3.8) is 0 Å². The Morgan fingerprint density at radius 1 is 1.38 bits per heavy atom. The highest BCUT2D eigenvalue weighted by atomic mass is 16.5. The zero-order valence-corrected chi connectivity index (χ0v) is 10.5. The number of ether oxygens (including phenoxy) is 1. The molecule has 92 valence electrons. The zero-order valence-electron chi connectivity index (χ0n) is 10.5. The predicted octanol–water partition coefficient (Wildman–Crippen LogP) is 1.40. The average Bonchev–Trinajstić information content (AvgIpc) is 2.79. The van der Waals surface area contributed by atoms with Crippen LogP contribution in [0.1, 0.15) is 26.7 Å². The Hall–Kier alpha value is -0.380. The molecule has 1 N–H and O–H groups in total. The lowest BCUT2D eigenvalue weighted by molar-refractivity contribution is -0.0380. The topological polar surface area (TPSA) is 24.5 Å². The Kier molecular flexibility index (Phi) is 4.38. The fourth-order valence-electron chi connectivity index (χ4n) is 2.42. The Morgan fingerprint density at radius 3 is 2.81 bits per heavy atom. The van der Waals surface area contributed by atoms with Gasteiger partial charge in [-0.15, -0.1) is 0 Å². The van der Waals surface area contributed by atoms with Gasteiger partial charge in [-0.2, -0.15) is 0 Å². The van der Waals surface area contributed by atoms with Crippen LogP contribution in [0.3, 0.4) is 0 Å². The molecule has 0 saturated carbocycles. The maximum atomic E-state index is 5.79. The summed E-state index contributed by atoms with van der Waals surface area (Å²) in [5.41, 5.74) is 0. The van der Waals surface area contributed by atoms with Crippen LogP contribution >= 0.6 is 0 Å². The van der Waals surface area contributed by atoms with E-state index in [-0.39, 0.29) is 0 Å².